The van der Waals surface area contributed by atoms with Crippen LogP contribution in [0.3, 0.4) is 0 Å². The van der Waals surface area contributed by atoms with Gasteiger partial charge in [0, 0.05) is 25.7 Å². The van der Waals surface area contributed by atoms with Gasteiger partial charge in [-0.05, 0) is 19.1 Å². The predicted molar refractivity (Wildman–Crippen MR) is 70.0 cm³/mol. The summed E-state index contributed by atoms with van der Waals surface area (Å²) in [5.41, 5.74) is 0.453. The van der Waals surface area contributed by atoms with Crippen LogP contribution >= 0.6 is 11.6 Å². The van der Waals surface area contributed by atoms with Crippen LogP contribution in [0.4, 0.5) is 0 Å². The number of aldehydes is 1. The van der Waals surface area contributed by atoms with Crippen molar-refractivity contribution in [3.8, 4) is 11.5 Å². The van der Waals surface area contributed by atoms with Gasteiger partial charge in [-0.15, -0.1) is 0 Å². The van der Waals surface area contributed by atoms with Crippen LogP contribution < -0.4 is 9.47 Å². The van der Waals surface area contributed by atoms with Gasteiger partial charge >= 0.3 is 0 Å². The summed E-state index contributed by atoms with van der Waals surface area (Å²) in [6.07, 6.45) is 1.40. The molecule has 5 heteroatoms. The van der Waals surface area contributed by atoms with Crippen LogP contribution in [-0.4, -0.2) is 33.2 Å². The number of benzene rings is 1. The maximum atomic E-state index is 10.7. The summed E-state index contributed by atoms with van der Waals surface area (Å²) in [5, 5.41) is 0.362. The highest BCUT2D eigenvalue weighted by Crippen LogP contribution is 2.36. The molecule has 0 fully saturated rings. The first-order chi connectivity index (χ1) is 8.62. The second-order valence-corrected chi connectivity index (χ2v) is 4.27. The summed E-state index contributed by atoms with van der Waals surface area (Å²) >= 11 is 6.08. The van der Waals surface area contributed by atoms with Crippen LogP contribution in [0.15, 0.2) is 12.1 Å². The van der Waals surface area contributed by atoms with Crippen molar-refractivity contribution >= 4 is 17.9 Å². The molecular formula is C13H17ClO4. The zero-order valence-corrected chi connectivity index (χ0v) is 11.5. The van der Waals surface area contributed by atoms with E-state index in [4.69, 9.17) is 25.8 Å². The van der Waals surface area contributed by atoms with Crippen molar-refractivity contribution in [2.75, 3.05) is 20.8 Å². The standard InChI is InChI=1S/C13H17ClO4/c1-9(4-5-16-2)18-13-11(14)6-10(8-15)7-12(13)17-3/h6-9H,4-5H2,1-3H3. The quantitative estimate of drug-likeness (QED) is 0.716. The van der Waals surface area contributed by atoms with Gasteiger partial charge in [-0.1, -0.05) is 11.6 Å². The number of carbonyl (C=O) groups is 1. The van der Waals surface area contributed by atoms with Crippen molar-refractivity contribution in [2.45, 2.75) is 19.4 Å². The van der Waals surface area contributed by atoms with E-state index >= 15 is 0 Å². The Morgan fingerprint density at radius 1 is 1.39 bits per heavy atom. The van der Waals surface area contributed by atoms with Crippen molar-refractivity contribution in [3.05, 3.63) is 22.7 Å². The Labute approximate surface area is 112 Å². The van der Waals surface area contributed by atoms with Crippen molar-refractivity contribution in [1.29, 1.82) is 0 Å². The maximum absolute atomic E-state index is 10.7. The van der Waals surface area contributed by atoms with Gasteiger partial charge in [-0.3, -0.25) is 4.79 Å². The SMILES string of the molecule is COCCC(C)Oc1c(Cl)cc(C=O)cc1OC. The molecule has 1 rings (SSSR count). The van der Waals surface area contributed by atoms with Crippen molar-refractivity contribution in [3.63, 3.8) is 0 Å². The summed E-state index contributed by atoms with van der Waals surface area (Å²) in [5.74, 6) is 0.905. The van der Waals surface area contributed by atoms with E-state index in [-0.39, 0.29) is 6.10 Å². The van der Waals surface area contributed by atoms with E-state index in [0.29, 0.717) is 35.0 Å². The number of hydrogen-bond donors (Lipinski definition) is 0. The second kappa shape index (κ2) is 7.24. The molecule has 18 heavy (non-hydrogen) atoms. The third-order valence-electron chi connectivity index (χ3n) is 2.44. The van der Waals surface area contributed by atoms with Gasteiger partial charge in [-0.25, -0.2) is 0 Å². The molecule has 0 radical (unpaired) electrons. The Balaban J connectivity index is 2.90. The van der Waals surface area contributed by atoms with Crippen molar-refractivity contribution < 1.29 is 19.0 Å². The molecule has 0 aromatic heterocycles. The molecular weight excluding hydrogens is 256 g/mol. The monoisotopic (exact) mass is 272 g/mol. The summed E-state index contributed by atoms with van der Waals surface area (Å²) in [6.45, 7) is 2.52. The largest absolute Gasteiger partial charge is 0.493 e. The molecule has 0 spiro atoms. The van der Waals surface area contributed by atoms with Crippen LogP contribution in [0, 0.1) is 0 Å². The van der Waals surface area contributed by atoms with E-state index in [9.17, 15) is 4.79 Å². The highest BCUT2D eigenvalue weighted by Gasteiger charge is 2.14. The molecule has 4 nitrogen and oxygen atoms in total. The first-order valence-corrected chi connectivity index (χ1v) is 5.98. The zero-order valence-electron chi connectivity index (χ0n) is 10.7. The fourth-order valence-electron chi connectivity index (χ4n) is 1.47. The number of ether oxygens (including phenoxy) is 3. The fraction of sp³-hybridized carbons (Fsp3) is 0.462. The van der Waals surface area contributed by atoms with Gasteiger partial charge in [0.15, 0.2) is 11.5 Å². The molecule has 0 N–H and O–H groups in total. The zero-order chi connectivity index (χ0) is 13.5. The molecule has 0 bridgehead atoms. The minimum Gasteiger partial charge on any atom is -0.493 e. The lowest BCUT2D eigenvalue weighted by atomic mass is 10.2. The molecule has 0 saturated carbocycles. The number of methoxy groups -OCH3 is 2. The number of carbonyl (C=O) groups excluding carboxylic acids is 1. The average molecular weight is 273 g/mol. The van der Waals surface area contributed by atoms with Gasteiger partial charge in [0.05, 0.1) is 18.2 Å². The smallest absolute Gasteiger partial charge is 0.180 e. The number of hydrogen-bond acceptors (Lipinski definition) is 4. The maximum Gasteiger partial charge on any atom is 0.180 e. The van der Waals surface area contributed by atoms with Gasteiger partial charge in [0.2, 0.25) is 0 Å². The molecule has 0 saturated heterocycles. The molecule has 0 amide bonds. The van der Waals surface area contributed by atoms with Crippen LogP contribution in [0.25, 0.3) is 0 Å². The van der Waals surface area contributed by atoms with Crippen molar-refractivity contribution in [1.82, 2.24) is 0 Å². The highest BCUT2D eigenvalue weighted by atomic mass is 35.5. The third kappa shape index (κ3) is 3.89. The van der Waals surface area contributed by atoms with Crippen LogP contribution in [0.5, 0.6) is 11.5 Å². The molecule has 1 aromatic rings. The average Bonchev–Trinajstić information content (AvgIpc) is 2.38. The predicted octanol–water partition coefficient (Wildman–Crippen LogP) is 2.96. The van der Waals surface area contributed by atoms with E-state index < -0.39 is 0 Å². The molecule has 0 aliphatic heterocycles. The first kappa shape index (κ1) is 14.8. The number of rotatable bonds is 7. The molecule has 0 heterocycles. The molecule has 1 unspecified atom stereocenters. The second-order valence-electron chi connectivity index (χ2n) is 3.86. The summed E-state index contributed by atoms with van der Waals surface area (Å²) < 4.78 is 15.9. The molecule has 0 aliphatic rings. The van der Waals surface area contributed by atoms with E-state index in [1.165, 1.54) is 7.11 Å². The van der Waals surface area contributed by atoms with E-state index in [0.717, 1.165) is 6.42 Å². The van der Waals surface area contributed by atoms with E-state index in [1.807, 2.05) is 6.92 Å². The van der Waals surface area contributed by atoms with Crippen LogP contribution in [-0.2, 0) is 4.74 Å². The van der Waals surface area contributed by atoms with E-state index in [1.54, 1.807) is 19.2 Å². The molecule has 1 atom stereocenters. The lowest BCUT2D eigenvalue weighted by Gasteiger charge is -2.18. The Bertz CT molecular complexity index is 406. The Morgan fingerprint density at radius 3 is 2.67 bits per heavy atom. The topological polar surface area (TPSA) is 44.8 Å². The molecule has 100 valence electrons. The lowest BCUT2D eigenvalue weighted by Crippen LogP contribution is -2.15. The van der Waals surface area contributed by atoms with Crippen LogP contribution in [0.2, 0.25) is 5.02 Å². The molecule has 0 aliphatic carbocycles. The highest BCUT2D eigenvalue weighted by molar-refractivity contribution is 6.32. The minimum atomic E-state index is -0.0570. The Kier molecular flexibility index (Phi) is 5.95. The Hall–Kier alpha value is -1.26. The normalized spacial score (nSPS) is 12.0. The summed E-state index contributed by atoms with van der Waals surface area (Å²) in [6, 6.07) is 3.15. The van der Waals surface area contributed by atoms with Gasteiger partial charge in [-0.2, -0.15) is 0 Å². The fourth-order valence-corrected chi connectivity index (χ4v) is 1.73. The molecule has 1 aromatic carbocycles. The van der Waals surface area contributed by atoms with Gasteiger partial charge in [0.25, 0.3) is 0 Å². The lowest BCUT2D eigenvalue weighted by molar-refractivity contribution is 0.112. The Morgan fingerprint density at radius 2 is 2.11 bits per heavy atom. The summed E-state index contributed by atoms with van der Waals surface area (Å²) in [4.78, 5) is 10.7. The van der Waals surface area contributed by atoms with Gasteiger partial charge < -0.3 is 14.2 Å². The van der Waals surface area contributed by atoms with Gasteiger partial charge in [0.1, 0.15) is 6.29 Å². The third-order valence-corrected chi connectivity index (χ3v) is 2.72. The van der Waals surface area contributed by atoms with Crippen molar-refractivity contribution in [2.24, 2.45) is 0 Å². The number of halogens is 1. The van der Waals surface area contributed by atoms with E-state index in [2.05, 4.69) is 0 Å². The van der Waals surface area contributed by atoms with Crippen LogP contribution in [0.1, 0.15) is 23.7 Å². The minimum absolute atomic E-state index is 0.0570. The first-order valence-electron chi connectivity index (χ1n) is 5.60. The summed E-state index contributed by atoms with van der Waals surface area (Å²) in [7, 11) is 3.14.